The lowest BCUT2D eigenvalue weighted by Crippen LogP contribution is -2.22. The van der Waals surface area contributed by atoms with Crippen LogP contribution in [0.5, 0.6) is 0 Å². The fourth-order valence-electron chi connectivity index (χ4n) is 2.63. The summed E-state index contributed by atoms with van der Waals surface area (Å²) in [5.41, 5.74) is 8.39. The van der Waals surface area contributed by atoms with Crippen molar-refractivity contribution < 1.29 is 0 Å². The van der Waals surface area contributed by atoms with E-state index in [1.54, 1.807) is 0 Å². The van der Waals surface area contributed by atoms with Crippen LogP contribution in [0.1, 0.15) is 0 Å². The lowest BCUT2D eigenvalue weighted by molar-refractivity contribution is 0.467. The van der Waals surface area contributed by atoms with Crippen molar-refractivity contribution in [1.29, 1.82) is 0 Å². The molecule has 0 aromatic rings. The number of allylic oxidation sites excluding steroid dienone is 2. The minimum Gasteiger partial charge on any atom is -0.0893 e. The van der Waals surface area contributed by atoms with Gasteiger partial charge in [-0.05, 0) is 23.3 Å². The molecule has 3 aliphatic carbocycles. The molecule has 0 aliphatic heterocycles. The van der Waals surface area contributed by atoms with Gasteiger partial charge in [0.1, 0.15) is 0 Å². The van der Waals surface area contributed by atoms with Gasteiger partial charge in [0.15, 0.2) is 0 Å². The van der Waals surface area contributed by atoms with Gasteiger partial charge in [-0.1, -0.05) is 29.4 Å². The number of hydrogen-bond donors (Lipinski definition) is 0. The monoisotopic (exact) mass is 159 g/mol. The maximum atomic E-state index is 8.39. The minimum absolute atomic E-state index is 0.208. The van der Waals surface area contributed by atoms with Crippen molar-refractivity contribution in [2.75, 3.05) is 0 Å². The van der Waals surface area contributed by atoms with Crippen molar-refractivity contribution in [2.24, 2.45) is 28.8 Å². The molecule has 3 unspecified atom stereocenters. The van der Waals surface area contributed by atoms with Crippen molar-refractivity contribution >= 4 is 0 Å². The highest BCUT2D eigenvalue weighted by Crippen LogP contribution is 2.58. The smallest absolute Gasteiger partial charge is 0.0511 e. The van der Waals surface area contributed by atoms with Gasteiger partial charge in [-0.15, -0.1) is 0 Å². The molecule has 0 amide bonds. The second-order valence-electron chi connectivity index (χ2n) is 3.77. The van der Waals surface area contributed by atoms with E-state index in [0.717, 1.165) is 0 Å². The first-order valence-corrected chi connectivity index (χ1v) is 4.32. The van der Waals surface area contributed by atoms with E-state index in [9.17, 15) is 0 Å². The molecule has 2 bridgehead atoms. The summed E-state index contributed by atoms with van der Waals surface area (Å²) in [6.07, 6.45) is 8.93. The predicted molar refractivity (Wildman–Crippen MR) is 45.2 cm³/mol. The second-order valence-corrected chi connectivity index (χ2v) is 3.77. The van der Waals surface area contributed by atoms with E-state index >= 15 is 0 Å². The molecule has 1 saturated carbocycles. The quantitative estimate of drug-likeness (QED) is 0.244. The van der Waals surface area contributed by atoms with Gasteiger partial charge in [-0.2, -0.15) is 0 Å². The first kappa shape index (κ1) is 6.32. The van der Waals surface area contributed by atoms with E-state index in [4.69, 9.17) is 5.53 Å². The Balaban J connectivity index is 2.05. The number of hydrogen-bond acceptors (Lipinski definition) is 1. The Morgan fingerprint density at radius 1 is 1.08 bits per heavy atom. The maximum absolute atomic E-state index is 8.39. The van der Waals surface area contributed by atoms with Crippen molar-refractivity contribution in [3.8, 4) is 0 Å². The third-order valence-corrected chi connectivity index (χ3v) is 3.28. The first-order chi connectivity index (χ1) is 5.92. The lowest BCUT2D eigenvalue weighted by Gasteiger charge is -2.22. The lowest BCUT2D eigenvalue weighted by atomic mass is 9.88. The zero-order valence-electron chi connectivity index (χ0n) is 6.54. The molecule has 0 saturated heterocycles. The molecule has 3 heteroatoms. The van der Waals surface area contributed by atoms with E-state index in [0.29, 0.717) is 23.7 Å². The molecule has 0 spiro atoms. The molecular formula is C9H9N3. The SMILES string of the molecule is [N-]=[N+]=NC1C2C=CC3C(C=C2)C31. The van der Waals surface area contributed by atoms with E-state index < -0.39 is 0 Å². The maximum Gasteiger partial charge on any atom is 0.0511 e. The van der Waals surface area contributed by atoms with Gasteiger partial charge in [0, 0.05) is 10.8 Å². The molecule has 1 fully saturated rings. The van der Waals surface area contributed by atoms with Crippen LogP contribution in [0.15, 0.2) is 29.4 Å². The standard InChI is InChI=1S/C9H9N3/c10-12-11-9-5-1-3-6-7(4-2-5)8(6)9/h1-9H. The molecule has 0 aromatic heterocycles. The zero-order valence-corrected chi connectivity index (χ0v) is 6.54. The van der Waals surface area contributed by atoms with Crippen molar-refractivity contribution in [1.82, 2.24) is 0 Å². The number of azide groups is 1. The molecule has 0 heterocycles. The highest BCUT2D eigenvalue weighted by molar-refractivity contribution is 5.32. The predicted octanol–water partition coefficient (Wildman–Crippen LogP) is 2.28. The fourth-order valence-corrected chi connectivity index (χ4v) is 2.63. The fraction of sp³-hybridized carbons (Fsp3) is 0.556. The van der Waals surface area contributed by atoms with Crippen LogP contribution in [0, 0.1) is 23.7 Å². The molecule has 0 aromatic carbocycles. The third kappa shape index (κ3) is 0.601. The summed E-state index contributed by atoms with van der Waals surface area (Å²) in [5, 5.41) is 3.87. The van der Waals surface area contributed by atoms with Gasteiger partial charge in [0.25, 0.3) is 0 Å². The summed E-state index contributed by atoms with van der Waals surface area (Å²) in [4.78, 5) is 2.91. The van der Waals surface area contributed by atoms with E-state index in [2.05, 4.69) is 34.3 Å². The molecule has 60 valence electrons. The zero-order chi connectivity index (χ0) is 8.13. The summed E-state index contributed by atoms with van der Waals surface area (Å²) in [6.45, 7) is 0. The van der Waals surface area contributed by atoms with Crippen molar-refractivity contribution in [2.45, 2.75) is 6.04 Å². The topological polar surface area (TPSA) is 48.8 Å². The summed E-state index contributed by atoms with van der Waals surface area (Å²) in [7, 11) is 0. The Kier molecular flexibility index (Phi) is 1.02. The van der Waals surface area contributed by atoms with Gasteiger partial charge in [-0.3, -0.25) is 0 Å². The van der Waals surface area contributed by atoms with Crippen LogP contribution in [0.4, 0.5) is 0 Å². The molecule has 3 rings (SSSR count). The molecule has 3 nitrogen and oxygen atoms in total. The number of fused-ring (bicyclic) bond motifs is 2. The molecule has 12 heavy (non-hydrogen) atoms. The normalized spacial score (nSPS) is 51.5. The van der Waals surface area contributed by atoms with Gasteiger partial charge in [0.2, 0.25) is 0 Å². The summed E-state index contributed by atoms with van der Waals surface area (Å²) in [5.74, 6) is 2.35. The Labute approximate surface area is 70.4 Å². The first-order valence-electron chi connectivity index (χ1n) is 4.32. The second kappa shape index (κ2) is 1.93. The number of rotatable bonds is 1. The van der Waals surface area contributed by atoms with Crippen LogP contribution < -0.4 is 0 Å². The molecule has 0 radical (unpaired) electrons. The van der Waals surface area contributed by atoms with Crippen LogP contribution in [0.2, 0.25) is 0 Å². The van der Waals surface area contributed by atoms with Gasteiger partial charge >= 0.3 is 0 Å². The van der Waals surface area contributed by atoms with Crippen LogP contribution in [0.25, 0.3) is 10.4 Å². The Bertz CT molecular complexity index is 305. The number of nitrogens with zero attached hydrogens (tertiary/aromatic N) is 3. The van der Waals surface area contributed by atoms with E-state index in [1.807, 2.05) is 0 Å². The van der Waals surface area contributed by atoms with Crippen LogP contribution in [-0.4, -0.2) is 6.04 Å². The molecule has 3 atom stereocenters. The Hall–Kier alpha value is -1.21. The van der Waals surface area contributed by atoms with E-state index in [-0.39, 0.29) is 6.04 Å². The van der Waals surface area contributed by atoms with Crippen LogP contribution in [-0.2, 0) is 0 Å². The van der Waals surface area contributed by atoms with Crippen LogP contribution in [0.3, 0.4) is 0 Å². The highest BCUT2D eigenvalue weighted by Gasteiger charge is 2.56. The Morgan fingerprint density at radius 3 is 2.33 bits per heavy atom. The van der Waals surface area contributed by atoms with Crippen molar-refractivity contribution in [3.63, 3.8) is 0 Å². The van der Waals surface area contributed by atoms with Gasteiger partial charge < -0.3 is 0 Å². The molecule has 0 N–H and O–H groups in total. The summed E-state index contributed by atoms with van der Waals surface area (Å²) < 4.78 is 0. The van der Waals surface area contributed by atoms with E-state index in [1.165, 1.54) is 0 Å². The average Bonchev–Trinajstić information content (AvgIpc) is 2.79. The van der Waals surface area contributed by atoms with Gasteiger partial charge in [-0.25, -0.2) is 0 Å². The molecule has 3 aliphatic rings. The largest absolute Gasteiger partial charge is 0.0893 e. The molecular weight excluding hydrogens is 150 g/mol. The van der Waals surface area contributed by atoms with Gasteiger partial charge in [0.05, 0.1) is 6.04 Å². The van der Waals surface area contributed by atoms with Crippen LogP contribution >= 0.6 is 0 Å². The summed E-state index contributed by atoms with van der Waals surface area (Å²) >= 11 is 0. The minimum atomic E-state index is 0.208. The van der Waals surface area contributed by atoms with Crippen molar-refractivity contribution in [3.05, 3.63) is 34.7 Å². The highest BCUT2D eigenvalue weighted by atomic mass is 15.2. The third-order valence-electron chi connectivity index (χ3n) is 3.28. The summed E-state index contributed by atoms with van der Waals surface area (Å²) in [6, 6.07) is 0.208. The Morgan fingerprint density at radius 2 is 1.75 bits per heavy atom. The average molecular weight is 159 g/mol.